The minimum atomic E-state index is -0.306. The standard InChI is InChI=1S/C27H30N2O2/c1-28(26(30)31-2)25(24-16-10-5-11-17-24)27(18-19-27)29(20-22-12-6-3-7-13-22)21-23-14-8-4-9-15-23/h3-17,25H,18-21H2,1-2H3. The molecular formula is C27H30N2O2. The summed E-state index contributed by atoms with van der Waals surface area (Å²) in [5, 5.41) is 0. The highest BCUT2D eigenvalue weighted by Crippen LogP contribution is 2.54. The number of hydrogen-bond acceptors (Lipinski definition) is 3. The SMILES string of the molecule is COC(=O)N(C)C(c1ccccc1)C1(N(Cc2ccccc2)Cc2ccccc2)CC1. The molecule has 4 rings (SSSR count). The molecule has 3 aromatic rings. The highest BCUT2D eigenvalue weighted by Gasteiger charge is 2.56. The number of amides is 1. The van der Waals surface area contributed by atoms with Gasteiger partial charge in [0.15, 0.2) is 0 Å². The van der Waals surface area contributed by atoms with Crippen LogP contribution in [0.25, 0.3) is 0 Å². The molecule has 3 aromatic carbocycles. The Labute approximate surface area is 185 Å². The maximum Gasteiger partial charge on any atom is 0.409 e. The van der Waals surface area contributed by atoms with Crippen molar-refractivity contribution in [2.24, 2.45) is 0 Å². The minimum Gasteiger partial charge on any atom is -0.453 e. The first-order valence-corrected chi connectivity index (χ1v) is 10.8. The molecule has 0 N–H and O–H groups in total. The number of ether oxygens (including phenoxy) is 1. The van der Waals surface area contributed by atoms with E-state index in [0.29, 0.717) is 0 Å². The van der Waals surface area contributed by atoms with Crippen LogP contribution in [0.1, 0.15) is 35.6 Å². The van der Waals surface area contributed by atoms with Crippen LogP contribution in [0.5, 0.6) is 0 Å². The van der Waals surface area contributed by atoms with Crippen molar-refractivity contribution < 1.29 is 9.53 Å². The van der Waals surface area contributed by atoms with Crippen molar-refractivity contribution in [1.82, 2.24) is 9.80 Å². The predicted octanol–water partition coefficient (Wildman–Crippen LogP) is 5.66. The van der Waals surface area contributed by atoms with Gasteiger partial charge in [0, 0.05) is 25.7 Å². The minimum absolute atomic E-state index is 0.0893. The molecule has 4 heteroatoms. The van der Waals surface area contributed by atoms with E-state index in [2.05, 4.69) is 77.7 Å². The van der Waals surface area contributed by atoms with E-state index < -0.39 is 0 Å². The Hall–Kier alpha value is -3.11. The summed E-state index contributed by atoms with van der Waals surface area (Å²) in [5.41, 5.74) is 3.55. The maximum atomic E-state index is 12.6. The summed E-state index contributed by atoms with van der Waals surface area (Å²) in [6, 6.07) is 31.4. The van der Waals surface area contributed by atoms with Crippen molar-refractivity contribution in [3.05, 3.63) is 108 Å². The van der Waals surface area contributed by atoms with Crippen molar-refractivity contribution in [2.75, 3.05) is 14.2 Å². The van der Waals surface area contributed by atoms with Gasteiger partial charge < -0.3 is 9.64 Å². The first-order valence-electron chi connectivity index (χ1n) is 10.8. The van der Waals surface area contributed by atoms with Gasteiger partial charge in [-0.3, -0.25) is 4.90 Å². The van der Waals surface area contributed by atoms with Crippen LogP contribution in [-0.4, -0.2) is 35.6 Å². The Morgan fingerprint density at radius 1 is 0.839 bits per heavy atom. The molecule has 1 fully saturated rings. The highest BCUT2D eigenvalue weighted by molar-refractivity contribution is 5.68. The van der Waals surface area contributed by atoms with Crippen molar-refractivity contribution in [1.29, 1.82) is 0 Å². The van der Waals surface area contributed by atoms with E-state index in [1.165, 1.54) is 18.2 Å². The molecule has 4 nitrogen and oxygen atoms in total. The lowest BCUT2D eigenvalue weighted by atomic mass is 9.93. The van der Waals surface area contributed by atoms with Crippen LogP contribution in [-0.2, 0) is 17.8 Å². The Morgan fingerprint density at radius 2 is 1.29 bits per heavy atom. The van der Waals surface area contributed by atoms with Crippen LogP contribution in [0.2, 0.25) is 0 Å². The van der Waals surface area contributed by atoms with E-state index >= 15 is 0 Å². The number of rotatable bonds is 8. The van der Waals surface area contributed by atoms with Crippen LogP contribution >= 0.6 is 0 Å². The largest absolute Gasteiger partial charge is 0.453 e. The number of carbonyl (C=O) groups is 1. The zero-order chi connectivity index (χ0) is 21.7. The molecule has 0 bridgehead atoms. The summed E-state index contributed by atoms with van der Waals surface area (Å²) in [7, 11) is 3.30. The van der Waals surface area contributed by atoms with Gasteiger partial charge in [-0.25, -0.2) is 4.79 Å². The topological polar surface area (TPSA) is 32.8 Å². The van der Waals surface area contributed by atoms with Gasteiger partial charge in [0.05, 0.1) is 13.2 Å². The van der Waals surface area contributed by atoms with E-state index in [0.717, 1.165) is 31.5 Å². The second-order valence-electron chi connectivity index (χ2n) is 8.32. The van der Waals surface area contributed by atoms with Crippen LogP contribution in [0.15, 0.2) is 91.0 Å². The van der Waals surface area contributed by atoms with E-state index in [-0.39, 0.29) is 17.7 Å². The lowest BCUT2D eigenvalue weighted by Gasteiger charge is -2.42. The zero-order valence-corrected chi connectivity index (χ0v) is 18.3. The number of methoxy groups -OCH3 is 1. The highest BCUT2D eigenvalue weighted by atomic mass is 16.5. The molecule has 1 aliphatic carbocycles. The molecule has 1 unspecified atom stereocenters. The molecule has 31 heavy (non-hydrogen) atoms. The first-order chi connectivity index (χ1) is 15.1. The van der Waals surface area contributed by atoms with Gasteiger partial charge in [0.2, 0.25) is 0 Å². The van der Waals surface area contributed by atoms with Gasteiger partial charge >= 0.3 is 6.09 Å². The second kappa shape index (κ2) is 9.36. The first kappa shape index (κ1) is 21.1. The molecule has 0 radical (unpaired) electrons. The summed E-state index contributed by atoms with van der Waals surface area (Å²) in [5.74, 6) is 0. The zero-order valence-electron chi connectivity index (χ0n) is 18.3. The molecule has 0 aromatic heterocycles. The van der Waals surface area contributed by atoms with Crippen LogP contribution in [0.4, 0.5) is 4.79 Å². The van der Waals surface area contributed by atoms with Crippen molar-refractivity contribution in [3.8, 4) is 0 Å². The molecule has 160 valence electrons. The third-order valence-electron chi connectivity index (χ3n) is 6.30. The molecule has 1 amide bonds. The summed E-state index contributed by atoms with van der Waals surface area (Å²) < 4.78 is 5.12. The van der Waals surface area contributed by atoms with E-state index in [9.17, 15) is 4.79 Å². The number of hydrogen-bond donors (Lipinski definition) is 0. The summed E-state index contributed by atoms with van der Waals surface area (Å²) >= 11 is 0. The predicted molar refractivity (Wildman–Crippen MR) is 123 cm³/mol. The molecular weight excluding hydrogens is 384 g/mol. The maximum absolute atomic E-state index is 12.6. The Morgan fingerprint density at radius 3 is 1.71 bits per heavy atom. The Kier molecular flexibility index (Phi) is 6.38. The lowest BCUT2D eigenvalue weighted by molar-refractivity contribution is 0.0522. The van der Waals surface area contributed by atoms with Gasteiger partial charge in [-0.1, -0.05) is 91.0 Å². The Bertz CT molecular complexity index is 930. The third-order valence-corrected chi connectivity index (χ3v) is 6.30. The van der Waals surface area contributed by atoms with Gasteiger partial charge in [-0.2, -0.15) is 0 Å². The van der Waals surface area contributed by atoms with Gasteiger partial charge in [0.25, 0.3) is 0 Å². The van der Waals surface area contributed by atoms with E-state index in [1.54, 1.807) is 4.90 Å². The van der Waals surface area contributed by atoms with E-state index in [1.807, 2.05) is 25.2 Å². The summed E-state index contributed by atoms with van der Waals surface area (Å²) in [6.07, 6.45) is 1.76. The fourth-order valence-corrected chi connectivity index (χ4v) is 4.65. The number of likely N-dealkylation sites (N-methyl/N-ethyl adjacent to an activating group) is 1. The number of nitrogens with zero attached hydrogens (tertiary/aromatic N) is 2. The molecule has 1 saturated carbocycles. The van der Waals surface area contributed by atoms with Gasteiger partial charge in [-0.05, 0) is 29.5 Å². The molecule has 0 aliphatic heterocycles. The van der Waals surface area contributed by atoms with E-state index in [4.69, 9.17) is 4.74 Å². The van der Waals surface area contributed by atoms with Crippen molar-refractivity contribution >= 4 is 6.09 Å². The van der Waals surface area contributed by atoms with Gasteiger partial charge in [0.1, 0.15) is 0 Å². The third kappa shape index (κ3) is 4.64. The number of carbonyl (C=O) groups excluding carboxylic acids is 1. The van der Waals surface area contributed by atoms with Crippen LogP contribution in [0.3, 0.4) is 0 Å². The monoisotopic (exact) mass is 414 g/mol. The fraction of sp³-hybridized carbons (Fsp3) is 0.296. The molecule has 1 aliphatic rings. The smallest absolute Gasteiger partial charge is 0.409 e. The van der Waals surface area contributed by atoms with Crippen molar-refractivity contribution in [2.45, 2.75) is 37.5 Å². The lowest BCUT2D eigenvalue weighted by Crippen LogP contribution is -2.48. The van der Waals surface area contributed by atoms with Crippen molar-refractivity contribution in [3.63, 3.8) is 0 Å². The Balaban J connectivity index is 1.74. The average molecular weight is 415 g/mol. The second-order valence-corrected chi connectivity index (χ2v) is 8.32. The molecule has 0 saturated heterocycles. The number of benzene rings is 3. The molecule has 1 atom stereocenters. The normalized spacial score (nSPS) is 15.3. The van der Waals surface area contributed by atoms with Crippen LogP contribution in [0, 0.1) is 0 Å². The quantitative estimate of drug-likeness (QED) is 0.477. The average Bonchev–Trinajstić information content (AvgIpc) is 3.62. The summed E-state index contributed by atoms with van der Waals surface area (Å²) in [6.45, 7) is 1.65. The fourth-order valence-electron chi connectivity index (χ4n) is 4.65. The molecule has 0 heterocycles. The van der Waals surface area contributed by atoms with Gasteiger partial charge in [-0.15, -0.1) is 0 Å². The molecule has 0 spiro atoms. The van der Waals surface area contributed by atoms with Crippen LogP contribution < -0.4 is 0 Å². The summed E-state index contributed by atoms with van der Waals surface area (Å²) in [4.78, 5) is 16.9.